The average Bonchev–Trinajstić information content (AvgIpc) is 3.38. The van der Waals surface area contributed by atoms with Gasteiger partial charge in [0.15, 0.2) is 17.3 Å². The fraction of sp³-hybridized carbons (Fsp3) is 0.333. The minimum atomic E-state index is 0.313. The lowest BCUT2D eigenvalue weighted by Crippen LogP contribution is -2.46. The number of aromatic nitrogens is 2. The average molecular weight is 378 g/mol. The van der Waals surface area contributed by atoms with Gasteiger partial charge >= 0.3 is 6.01 Å². The van der Waals surface area contributed by atoms with E-state index in [1.54, 1.807) is 0 Å². The monoisotopic (exact) mass is 378 g/mol. The molecule has 0 unspecified atom stereocenters. The van der Waals surface area contributed by atoms with Crippen molar-refractivity contribution < 1.29 is 14.0 Å². The molecule has 0 aliphatic carbocycles. The highest BCUT2D eigenvalue weighted by Gasteiger charge is 2.22. The van der Waals surface area contributed by atoms with E-state index in [0.29, 0.717) is 19.2 Å². The largest absolute Gasteiger partial charge is 0.454 e. The van der Waals surface area contributed by atoms with Gasteiger partial charge in [-0.15, -0.1) is 0 Å². The van der Waals surface area contributed by atoms with Crippen molar-refractivity contribution in [1.82, 2.24) is 15.0 Å². The Morgan fingerprint density at radius 2 is 1.68 bits per heavy atom. The maximum absolute atomic E-state index is 5.50. The van der Waals surface area contributed by atoms with Crippen LogP contribution in [0.4, 0.5) is 6.01 Å². The van der Waals surface area contributed by atoms with E-state index in [9.17, 15) is 0 Å². The van der Waals surface area contributed by atoms with Gasteiger partial charge in [-0.3, -0.25) is 4.90 Å². The molecule has 0 radical (unpaired) electrons. The van der Waals surface area contributed by atoms with Crippen LogP contribution < -0.4 is 14.4 Å². The van der Waals surface area contributed by atoms with Gasteiger partial charge in [-0.1, -0.05) is 41.6 Å². The lowest BCUT2D eigenvalue weighted by molar-refractivity contribution is 0.174. The van der Waals surface area contributed by atoms with Crippen molar-refractivity contribution in [2.24, 2.45) is 0 Å². The predicted molar refractivity (Wildman–Crippen MR) is 104 cm³/mol. The van der Waals surface area contributed by atoms with E-state index in [0.717, 1.165) is 50.0 Å². The number of benzene rings is 2. The van der Waals surface area contributed by atoms with Crippen molar-refractivity contribution in [3.05, 3.63) is 65.5 Å². The summed E-state index contributed by atoms with van der Waals surface area (Å²) >= 11 is 0. The lowest BCUT2D eigenvalue weighted by Gasteiger charge is -2.33. The zero-order valence-corrected chi connectivity index (χ0v) is 15.6. The van der Waals surface area contributed by atoms with Crippen LogP contribution in [-0.4, -0.2) is 48.0 Å². The first kappa shape index (κ1) is 17.1. The summed E-state index contributed by atoms with van der Waals surface area (Å²) < 4.78 is 16.3. The third-order valence-corrected chi connectivity index (χ3v) is 5.15. The second-order valence-electron chi connectivity index (χ2n) is 7.11. The maximum atomic E-state index is 5.50. The van der Waals surface area contributed by atoms with Crippen molar-refractivity contribution in [3.8, 4) is 11.5 Å². The Labute approximate surface area is 163 Å². The molecule has 7 heteroatoms. The van der Waals surface area contributed by atoms with Crippen LogP contribution in [-0.2, 0) is 13.0 Å². The number of ether oxygens (including phenoxy) is 2. The first-order valence-corrected chi connectivity index (χ1v) is 9.56. The molecule has 0 N–H and O–H groups in total. The molecule has 0 amide bonds. The third-order valence-electron chi connectivity index (χ3n) is 5.15. The number of piperazine rings is 1. The van der Waals surface area contributed by atoms with Gasteiger partial charge in [-0.25, -0.2) is 0 Å². The zero-order chi connectivity index (χ0) is 18.8. The van der Waals surface area contributed by atoms with E-state index in [4.69, 9.17) is 14.0 Å². The van der Waals surface area contributed by atoms with E-state index >= 15 is 0 Å². The molecule has 0 atom stereocenters. The highest BCUT2D eigenvalue weighted by atomic mass is 16.7. The molecule has 0 bridgehead atoms. The second-order valence-corrected chi connectivity index (χ2v) is 7.11. The minimum Gasteiger partial charge on any atom is -0.454 e. The number of rotatable bonds is 5. The van der Waals surface area contributed by atoms with Crippen LogP contribution in [0.15, 0.2) is 53.1 Å². The maximum Gasteiger partial charge on any atom is 0.324 e. The summed E-state index contributed by atoms with van der Waals surface area (Å²) in [6.45, 7) is 4.85. The van der Waals surface area contributed by atoms with Crippen molar-refractivity contribution >= 4 is 6.01 Å². The van der Waals surface area contributed by atoms with Gasteiger partial charge in [0.1, 0.15) is 0 Å². The molecule has 5 rings (SSSR count). The van der Waals surface area contributed by atoms with Gasteiger partial charge in [-0.2, -0.15) is 4.98 Å². The summed E-state index contributed by atoms with van der Waals surface area (Å²) in [5.74, 6) is 2.40. The van der Waals surface area contributed by atoms with Crippen molar-refractivity contribution in [2.75, 3.05) is 37.9 Å². The van der Waals surface area contributed by atoms with E-state index < -0.39 is 0 Å². The summed E-state index contributed by atoms with van der Waals surface area (Å²) in [6.07, 6.45) is 0.689. The van der Waals surface area contributed by atoms with E-state index in [2.05, 4.69) is 44.2 Å². The topological polar surface area (TPSA) is 63.9 Å². The molecule has 3 aromatic rings. The molecule has 1 saturated heterocycles. The SMILES string of the molecule is c1ccc(Cc2noc(N3CCN(Cc4ccc5c(c4)OCO5)CC3)n2)cc1. The minimum absolute atomic E-state index is 0.313. The Morgan fingerprint density at radius 3 is 2.54 bits per heavy atom. The van der Waals surface area contributed by atoms with E-state index in [-0.39, 0.29) is 0 Å². The molecule has 2 aliphatic heterocycles. The molecular formula is C21H22N4O3. The molecule has 7 nitrogen and oxygen atoms in total. The van der Waals surface area contributed by atoms with Gasteiger partial charge < -0.3 is 18.9 Å². The number of hydrogen-bond acceptors (Lipinski definition) is 7. The smallest absolute Gasteiger partial charge is 0.324 e. The summed E-state index contributed by atoms with van der Waals surface area (Å²) in [6, 6.07) is 17.0. The summed E-state index contributed by atoms with van der Waals surface area (Å²) in [7, 11) is 0. The van der Waals surface area contributed by atoms with Gasteiger partial charge in [0.05, 0.1) is 0 Å². The van der Waals surface area contributed by atoms with Gasteiger partial charge in [0.25, 0.3) is 0 Å². The Hall–Kier alpha value is -3.06. The molecule has 28 heavy (non-hydrogen) atoms. The van der Waals surface area contributed by atoms with Crippen LogP contribution in [0.3, 0.4) is 0 Å². The van der Waals surface area contributed by atoms with Crippen LogP contribution in [0.1, 0.15) is 17.0 Å². The normalized spacial score (nSPS) is 16.5. The van der Waals surface area contributed by atoms with E-state index in [1.807, 2.05) is 24.3 Å². The standard InChI is InChI=1S/C21H22N4O3/c1-2-4-16(5-3-1)13-20-22-21(28-23-20)25-10-8-24(9-11-25)14-17-6-7-18-19(12-17)27-15-26-18/h1-7,12H,8-11,13-15H2. The van der Waals surface area contributed by atoms with Crippen molar-refractivity contribution in [2.45, 2.75) is 13.0 Å². The highest BCUT2D eigenvalue weighted by molar-refractivity contribution is 5.44. The first-order valence-electron chi connectivity index (χ1n) is 9.56. The van der Waals surface area contributed by atoms with Gasteiger partial charge in [-0.05, 0) is 23.3 Å². The van der Waals surface area contributed by atoms with Crippen molar-refractivity contribution in [3.63, 3.8) is 0 Å². The molecule has 2 aliphatic rings. The Bertz CT molecular complexity index is 936. The molecule has 3 heterocycles. The highest BCUT2D eigenvalue weighted by Crippen LogP contribution is 2.32. The molecule has 2 aromatic carbocycles. The predicted octanol–water partition coefficient (Wildman–Crippen LogP) is 2.71. The van der Waals surface area contributed by atoms with Crippen LogP contribution in [0.2, 0.25) is 0 Å². The fourth-order valence-corrected chi connectivity index (χ4v) is 3.62. The first-order chi connectivity index (χ1) is 13.8. The number of nitrogens with zero attached hydrogens (tertiary/aromatic N) is 4. The Morgan fingerprint density at radius 1 is 0.857 bits per heavy atom. The molecular weight excluding hydrogens is 356 g/mol. The molecule has 1 fully saturated rings. The van der Waals surface area contributed by atoms with Crippen LogP contribution in [0, 0.1) is 0 Å². The fourth-order valence-electron chi connectivity index (χ4n) is 3.62. The zero-order valence-electron chi connectivity index (χ0n) is 15.6. The summed E-state index contributed by atoms with van der Waals surface area (Å²) in [4.78, 5) is 9.17. The molecule has 0 saturated carbocycles. The molecule has 0 spiro atoms. The van der Waals surface area contributed by atoms with Crippen LogP contribution >= 0.6 is 0 Å². The summed E-state index contributed by atoms with van der Waals surface area (Å²) in [5, 5.41) is 4.14. The summed E-state index contributed by atoms with van der Waals surface area (Å²) in [5.41, 5.74) is 2.42. The van der Waals surface area contributed by atoms with E-state index in [1.165, 1.54) is 11.1 Å². The molecule has 1 aromatic heterocycles. The van der Waals surface area contributed by atoms with Crippen LogP contribution in [0.5, 0.6) is 11.5 Å². The Balaban J connectivity index is 1.16. The van der Waals surface area contributed by atoms with Crippen LogP contribution in [0.25, 0.3) is 0 Å². The number of hydrogen-bond donors (Lipinski definition) is 0. The molecule has 144 valence electrons. The number of anilines is 1. The van der Waals surface area contributed by atoms with Gasteiger partial charge in [0.2, 0.25) is 6.79 Å². The second kappa shape index (κ2) is 7.52. The Kier molecular flexibility index (Phi) is 4.58. The lowest BCUT2D eigenvalue weighted by atomic mass is 10.1. The third kappa shape index (κ3) is 3.66. The van der Waals surface area contributed by atoms with Crippen molar-refractivity contribution in [1.29, 1.82) is 0 Å². The van der Waals surface area contributed by atoms with Gasteiger partial charge in [0, 0.05) is 39.1 Å². The number of fused-ring (bicyclic) bond motifs is 1. The quantitative estimate of drug-likeness (QED) is 0.676.